The zero-order valence-corrected chi connectivity index (χ0v) is 14.9. The van der Waals surface area contributed by atoms with Gasteiger partial charge in [0.05, 0.1) is 30.6 Å². The van der Waals surface area contributed by atoms with Crippen LogP contribution in [0, 0.1) is 0 Å². The van der Waals surface area contributed by atoms with E-state index in [1.807, 2.05) is 18.3 Å². The number of nitrogens with one attached hydrogen (secondary N) is 3. The van der Waals surface area contributed by atoms with Crippen LogP contribution in [0.1, 0.15) is 17.7 Å². The lowest BCUT2D eigenvalue weighted by atomic mass is 9.89. The number of hydrogen-bond acceptors (Lipinski definition) is 7. The number of H-pyrrole nitrogens is 1. The molecule has 8 heteroatoms. The van der Waals surface area contributed by atoms with Crippen molar-refractivity contribution < 1.29 is 4.74 Å². The number of piperazine rings is 1. The zero-order chi connectivity index (χ0) is 17.8. The number of aromatic nitrogens is 4. The highest BCUT2D eigenvalue weighted by molar-refractivity contribution is 5.83. The average Bonchev–Trinajstić information content (AvgIpc) is 3.16. The molecule has 2 unspecified atom stereocenters. The van der Waals surface area contributed by atoms with Gasteiger partial charge in [-0.1, -0.05) is 0 Å². The van der Waals surface area contributed by atoms with Crippen molar-refractivity contribution in [1.29, 1.82) is 0 Å². The molecule has 2 atom stereocenters. The van der Waals surface area contributed by atoms with E-state index >= 15 is 0 Å². The minimum atomic E-state index is 0.511. The van der Waals surface area contributed by atoms with Crippen molar-refractivity contribution in [2.75, 3.05) is 29.9 Å². The van der Waals surface area contributed by atoms with E-state index in [9.17, 15) is 0 Å². The standard InChI is InChI=1S/C19H21N7O/c1-2-16-11(7-21-25-16)5-12(1)22-18-15-10-27-4-3-17(15)23-19(24-18)26-13-6-14(26)9-20-8-13/h1-2,5,7,13-14,20H,3-4,6,8-10H2,(H,21,25)(H,22,23,24). The van der Waals surface area contributed by atoms with Gasteiger partial charge in [-0.05, 0) is 24.6 Å². The minimum absolute atomic E-state index is 0.511. The summed E-state index contributed by atoms with van der Waals surface area (Å²) in [6.45, 7) is 3.30. The normalized spacial score (nSPS) is 23.8. The molecular weight excluding hydrogens is 342 g/mol. The maximum Gasteiger partial charge on any atom is 0.228 e. The Kier molecular flexibility index (Phi) is 3.36. The molecule has 0 amide bonds. The van der Waals surface area contributed by atoms with Gasteiger partial charge in [0.15, 0.2) is 0 Å². The topological polar surface area (TPSA) is 91.0 Å². The van der Waals surface area contributed by atoms with Gasteiger partial charge < -0.3 is 20.3 Å². The fourth-order valence-electron chi connectivity index (χ4n) is 4.40. The Morgan fingerprint density at radius 1 is 1.19 bits per heavy atom. The van der Waals surface area contributed by atoms with Gasteiger partial charge >= 0.3 is 0 Å². The summed E-state index contributed by atoms with van der Waals surface area (Å²) in [5.74, 6) is 1.71. The lowest BCUT2D eigenvalue weighted by molar-refractivity contribution is 0.109. The Morgan fingerprint density at radius 3 is 3.00 bits per heavy atom. The predicted octanol–water partition coefficient (Wildman–Crippen LogP) is 1.72. The van der Waals surface area contributed by atoms with Crippen molar-refractivity contribution in [3.8, 4) is 0 Å². The quantitative estimate of drug-likeness (QED) is 0.653. The van der Waals surface area contributed by atoms with Gasteiger partial charge in [-0.25, -0.2) is 4.98 Å². The Balaban J connectivity index is 1.40. The zero-order valence-electron chi connectivity index (χ0n) is 14.9. The maximum absolute atomic E-state index is 5.69. The largest absolute Gasteiger partial charge is 0.376 e. The number of nitrogens with zero attached hydrogens (tertiary/aromatic N) is 4. The molecule has 138 valence electrons. The Morgan fingerprint density at radius 2 is 2.11 bits per heavy atom. The molecule has 6 rings (SSSR count). The summed E-state index contributed by atoms with van der Waals surface area (Å²) in [5.41, 5.74) is 4.19. The average molecular weight is 363 g/mol. The number of rotatable bonds is 3. The Hall–Kier alpha value is -2.71. The molecule has 3 N–H and O–H groups in total. The molecule has 2 aromatic heterocycles. The first-order chi connectivity index (χ1) is 13.3. The van der Waals surface area contributed by atoms with Gasteiger partial charge in [-0.3, -0.25) is 5.10 Å². The summed E-state index contributed by atoms with van der Waals surface area (Å²) in [6, 6.07) is 7.18. The molecule has 5 heterocycles. The maximum atomic E-state index is 5.69. The Labute approximate surface area is 156 Å². The molecule has 8 nitrogen and oxygen atoms in total. The third-order valence-electron chi connectivity index (χ3n) is 5.84. The van der Waals surface area contributed by atoms with Crippen LogP contribution in [0.4, 0.5) is 17.5 Å². The van der Waals surface area contributed by atoms with Crippen molar-refractivity contribution in [2.24, 2.45) is 0 Å². The summed E-state index contributed by atoms with van der Waals surface area (Å²) in [6.07, 6.45) is 3.90. The second-order valence-electron chi connectivity index (χ2n) is 7.51. The van der Waals surface area contributed by atoms with E-state index in [-0.39, 0.29) is 0 Å². The molecule has 0 saturated carbocycles. The lowest BCUT2D eigenvalue weighted by Crippen LogP contribution is -2.68. The summed E-state index contributed by atoms with van der Waals surface area (Å²) in [5, 5.41) is 15.1. The Bertz CT molecular complexity index is 1000. The summed E-state index contributed by atoms with van der Waals surface area (Å²) < 4.78 is 5.69. The third-order valence-corrected chi connectivity index (χ3v) is 5.84. The summed E-state index contributed by atoms with van der Waals surface area (Å²) >= 11 is 0. The van der Waals surface area contributed by atoms with Gasteiger partial charge in [-0.2, -0.15) is 10.1 Å². The second kappa shape index (κ2) is 5.90. The van der Waals surface area contributed by atoms with E-state index in [1.165, 1.54) is 6.42 Å². The van der Waals surface area contributed by atoms with Crippen LogP contribution >= 0.6 is 0 Å². The molecule has 27 heavy (non-hydrogen) atoms. The van der Waals surface area contributed by atoms with Crippen LogP contribution in [0.15, 0.2) is 24.4 Å². The van der Waals surface area contributed by atoms with Crippen LogP contribution in [0.25, 0.3) is 10.9 Å². The molecule has 0 aliphatic carbocycles. The van der Waals surface area contributed by atoms with Crippen molar-refractivity contribution >= 4 is 28.4 Å². The second-order valence-corrected chi connectivity index (χ2v) is 7.51. The van der Waals surface area contributed by atoms with Gasteiger partial charge in [0, 0.05) is 48.2 Å². The van der Waals surface area contributed by atoms with E-state index in [0.717, 1.165) is 65.7 Å². The number of anilines is 3. The molecule has 0 radical (unpaired) electrons. The van der Waals surface area contributed by atoms with Crippen LogP contribution in [0.5, 0.6) is 0 Å². The number of hydrogen-bond donors (Lipinski definition) is 3. The van der Waals surface area contributed by atoms with E-state index in [0.29, 0.717) is 18.7 Å². The molecule has 3 aliphatic rings. The van der Waals surface area contributed by atoms with E-state index < -0.39 is 0 Å². The SMILES string of the molecule is c1cc2[nH]ncc2cc1Nc1nc(N2C3CNCC2C3)nc2c1COCC2. The van der Waals surface area contributed by atoms with Gasteiger partial charge in [-0.15, -0.1) is 0 Å². The first-order valence-corrected chi connectivity index (χ1v) is 9.52. The number of aromatic amines is 1. The summed E-state index contributed by atoms with van der Waals surface area (Å²) in [7, 11) is 0. The molecule has 2 saturated heterocycles. The molecule has 3 aliphatic heterocycles. The third kappa shape index (κ3) is 2.48. The number of fused-ring (bicyclic) bond motifs is 4. The highest BCUT2D eigenvalue weighted by atomic mass is 16.5. The van der Waals surface area contributed by atoms with Gasteiger partial charge in [0.25, 0.3) is 0 Å². The first-order valence-electron chi connectivity index (χ1n) is 9.52. The monoisotopic (exact) mass is 363 g/mol. The predicted molar refractivity (Wildman–Crippen MR) is 102 cm³/mol. The fraction of sp³-hybridized carbons (Fsp3) is 0.421. The smallest absolute Gasteiger partial charge is 0.228 e. The van der Waals surface area contributed by atoms with Gasteiger partial charge in [0.2, 0.25) is 5.95 Å². The number of piperidine rings is 1. The molecule has 1 aromatic carbocycles. The van der Waals surface area contributed by atoms with E-state index in [4.69, 9.17) is 14.7 Å². The van der Waals surface area contributed by atoms with Gasteiger partial charge in [0.1, 0.15) is 5.82 Å². The lowest BCUT2D eigenvalue weighted by Gasteiger charge is -2.53. The fourth-order valence-corrected chi connectivity index (χ4v) is 4.40. The van der Waals surface area contributed by atoms with Crippen LogP contribution in [0.2, 0.25) is 0 Å². The highest BCUT2D eigenvalue weighted by Crippen LogP contribution is 2.35. The highest BCUT2D eigenvalue weighted by Gasteiger charge is 2.43. The molecular formula is C19H21N7O. The van der Waals surface area contributed by atoms with E-state index in [1.54, 1.807) is 0 Å². The van der Waals surface area contributed by atoms with Crippen molar-refractivity contribution in [2.45, 2.75) is 31.5 Å². The van der Waals surface area contributed by atoms with Crippen LogP contribution in [-0.4, -0.2) is 51.9 Å². The molecule has 0 spiro atoms. The molecule has 2 bridgehead atoms. The number of ether oxygens (including phenoxy) is 1. The summed E-state index contributed by atoms with van der Waals surface area (Å²) in [4.78, 5) is 12.2. The van der Waals surface area contributed by atoms with E-state index in [2.05, 4.69) is 31.8 Å². The first kappa shape index (κ1) is 15.4. The molecule has 2 fully saturated rings. The van der Waals surface area contributed by atoms with Crippen molar-refractivity contribution in [3.05, 3.63) is 35.7 Å². The number of benzene rings is 1. The van der Waals surface area contributed by atoms with Crippen molar-refractivity contribution in [1.82, 2.24) is 25.5 Å². The van der Waals surface area contributed by atoms with Crippen LogP contribution < -0.4 is 15.5 Å². The van der Waals surface area contributed by atoms with Crippen LogP contribution in [0.3, 0.4) is 0 Å². The minimum Gasteiger partial charge on any atom is -0.376 e. The van der Waals surface area contributed by atoms with Crippen molar-refractivity contribution in [3.63, 3.8) is 0 Å². The molecule has 3 aromatic rings. The van der Waals surface area contributed by atoms with Crippen LogP contribution in [-0.2, 0) is 17.8 Å².